The Hall–Kier alpha value is -1.28. The van der Waals surface area contributed by atoms with Crippen molar-refractivity contribution in [1.82, 2.24) is 9.88 Å². The lowest BCUT2D eigenvalue weighted by atomic mass is 10.1. The van der Waals surface area contributed by atoms with E-state index in [1.807, 2.05) is 0 Å². The van der Waals surface area contributed by atoms with Gasteiger partial charge in [0, 0.05) is 42.1 Å². The zero-order valence-corrected chi connectivity index (χ0v) is 9.96. The SMILES string of the molecule is CC(C)n1c2c(c3ccccc31)CNCC2. The van der Waals surface area contributed by atoms with E-state index in [1.165, 1.54) is 22.2 Å². The molecule has 0 aliphatic carbocycles. The molecule has 1 aromatic heterocycles. The molecule has 0 radical (unpaired) electrons. The second kappa shape index (κ2) is 3.63. The van der Waals surface area contributed by atoms with Gasteiger partial charge in [-0.2, -0.15) is 0 Å². The van der Waals surface area contributed by atoms with Crippen LogP contribution in [0.2, 0.25) is 0 Å². The molecule has 0 bridgehead atoms. The highest BCUT2D eigenvalue weighted by molar-refractivity contribution is 5.86. The summed E-state index contributed by atoms with van der Waals surface area (Å²) < 4.78 is 2.51. The van der Waals surface area contributed by atoms with Gasteiger partial charge in [-0.3, -0.25) is 0 Å². The van der Waals surface area contributed by atoms with Crippen molar-refractivity contribution in [3.05, 3.63) is 35.5 Å². The molecule has 2 nitrogen and oxygen atoms in total. The highest BCUT2D eigenvalue weighted by Gasteiger charge is 2.20. The van der Waals surface area contributed by atoms with Gasteiger partial charge in [0.05, 0.1) is 0 Å². The molecule has 2 heteroatoms. The summed E-state index contributed by atoms with van der Waals surface area (Å²) in [5, 5.41) is 4.90. The van der Waals surface area contributed by atoms with E-state index in [1.54, 1.807) is 0 Å². The lowest BCUT2D eigenvalue weighted by Crippen LogP contribution is -2.25. The maximum absolute atomic E-state index is 3.47. The van der Waals surface area contributed by atoms with Crippen molar-refractivity contribution >= 4 is 10.9 Å². The summed E-state index contributed by atoms with van der Waals surface area (Å²) in [5.74, 6) is 0. The first-order valence-corrected chi connectivity index (χ1v) is 6.10. The van der Waals surface area contributed by atoms with Crippen LogP contribution in [-0.2, 0) is 13.0 Å². The van der Waals surface area contributed by atoms with E-state index in [-0.39, 0.29) is 0 Å². The Kier molecular flexibility index (Phi) is 2.25. The molecule has 0 spiro atoms. The van der Waals surface area contributed by atoms with E-state index in [9.17, 15) is 0 Å². The molecule has 0 atom stereocenters. The minimum absolute atomic E-state index is 0.548. The van der Waals surface area contributed by atoms with Crippen LogP contribution in [0.5, 0.6) is 0 Å². The molecule has 2 aromatic rings. The summed E-state index contributed by atoms with van der Waals surface area (Å²) >= 11 is 0. The summed E-state index contributed by atoms with van der Waals surface area (Å²) in [6, 6.07) is 9.32. The molecule has 0 fully saturated rings. The number of hydrogen-bond acceptors (Lipinski definition) is 1. The molecule has 84 valence electrons. The van der Waals surface area contributed by atoms with Crippen LogP contribution in [0, 0.1) is 0 Å². The van der Waals surface area contributed by atoms with Gasteiger partial charge in [-0.25, -0.2) is 0 Å². The van der Waals surface area contributed by atoms with Gasteiger partial charge in [-0.15, -0.1) is 0 Å². The Labute approximate surface area is 96.3 Å². The van der Waals surface area contributed by atoms with E-state index in [0.29, 0.717) is 6.04 Å². The Morgan fingerprint density at radius 1 is 1.25 bits per heavy atom. The van der Waals surface area contributed by atoms with Crippen LogP contribution in [0.3, 0.4) is 0 Å². The van der Waals surface area contributed by atoms with Gasteiger partial charge < -0.3 is 9.88 Å². The highest BCUT2D eigenvalue weighted by Crippen LogP contribution is 2.30. The normalized spacial score (nSPS) is 15.7. The quantitative estimate of drug-likeness (QED) is 0.772. The summed E-state index contributed by atoms with van der Waals surface area (Å²) in [7, 11) is 0. The number of benzene rings is 1. The zero-order chi connectivity index (χ0) is 11.1. The van der Waals surface area contributed by atoms with Crippen molar-refractivity contribution in [3.8, 4) is 0 Å². The van der Waals surface area contributed by atoms with Gasteiger partial charge in [0.2, 0.25) is 0 Å². The van der Waals surface area contributed by atoms with Gasteiger partial charge in [0.1, 0.15) is 0 Å². The summed E-state index contributed by atoms with van der Waals surface area (Å²) in [4.78, 5) is 0. The molecule has 0 saturated heterocycles. The van der Waals surface area contributed by atoms with Crippen LogP contribution in [0.4, 0.5) is 0 Å². The monoisotopic (exact) mass is 214 g/mol. The Morgan fingerprint density at radius 3 is 2.88 bits per heavy atom. The van der Waals surface area contributed by atoms with Gasteiger partial charge >= 0.3 is 0 Å². The molecule has 1 aliphatic heterocycles. The van der Waals surface area contributed by atoms with Crippen molar-refractivity contribution in [2.45, 2.75) is 32.9 Å². The van der Waals surface area contributed by atoms with Crippen molar-refractivity contribution in [3.63, 3.8) is 0 Å². The first-order valence-electron chi connectivity index (χ1n) is 6.10. The number of nitrogens with one attached hydrogen (secondary N) is 1. The van der Waals surface area contributed by atoms with E-state index in [2.05, 4.69) is 48.0 Å². The molecular formula is C14H18N2. The van der Waals surface area contributed by atoms with Gasteiger partial charge in [-0.05, 0) is 25.5 Å². The average Bonchev–Trinajstić information content (AvgIpc) is 2.63. The number of para-hydroxylation sites is 1. The van der Waals surface area contributed by atoms with E-state index in [0.717, 1.165) is 19.5 Å². The number of fused-ring (bicyclic) bond motifs is 3. The molecule has 0 unspecified atom stereocenters. The third-order valence-corrected chi connectivity index (χ3v) is 3.48. The minimum Gasteiger partial charge on any atom is -0.342 e. The third kappa shape index (κ3) is 1.30. The summed E-state index contributed by atoms with van der Waals surface area (Å²) in [5.41, 5.74) is 4.44. The van der Waals surface area contributed by atoms with Gasteiger partial charge in [0.15, 0.2) is 0 Å². The standard InChI is InChI=1S/C14H18N2/c1-10(2)16-13-6-4-3-5-11(13)12-9-15-8-7-14(12)16/h3-6,10,15H,7-9H2,1-2H3. The lowest BCUT2D eigenvalue weighted by Gasteiger charge is -2.19. The summed E-state index contributed by atoms with van der Waals surface area (Å²) in [6.45, 7) is 6.68. The van der Waals surface area contributed by atoms with Crippen LogP contribution in [0.25, 0.3) is 10.9 Å². The predicted molar refractivity (Wildman–Crippen MR) is 67.7 cm³/mol. The van der Waals surface area contributed by atoms with Crippen LogP contribution < -0.4 is 5.32 Å². The summed E-state index contributed by atoms with van der Waals surface area (Å²) in [6.07, 6.45) is 1.15. The first kappa shape index (κ1) is 9.91. The number of hydrogen-bond donors (Lipinski definition) is 1. The lowest BCUT2D eigenvalue weighted by molar-refractivity contribution is 0.553. The molecule has 1 N–H and O–H groups in total. The molecule has 0 amide bonds. The smallest absolute Gasteiger partial charge is 0.0488 e. The minimum atomic E-state index is 0.548. The van der Waals surface area contributed by atoms with Crippen LogP contribution in [0.15, 0.2) is 24.3 Å². The fraction of sp³-hybridized carbons (Fsp3) is 0.429. The number of nitrogens with zero attached hydrogens (tertiary/aromatic N) is 1. The Bertz CT molecular complexity index is 523. The second-order valence-electron chi connectivity index (χ2n) is 4.83. The molecular weight excluding hydrogens is 196 g/mol. The largest absolute Gasteiger partial charge is 0.342 e. The van der Waals surface area contributed by atoms with Gasteiger partial charge in [0.25, 0.3) is 0 Å². The van der Waals surface area contributed by atoms with E-state index < -0.39 is 0 Å². The molecule has 16 heavy (non-hydrogen) atoms. The number of aromatic nitrogens is 1. The zero-order valence-electron chi connectivity index (χ0n) is 9.96. The second-order valence-corrected chi connectivity index (χ2v) is 4.83. The van der Waals surface area contributed by atoms with Crippen molar-refractivity contribution in [2.75, 3.05) is 6.54 Å². The molecule has 1 aromatic carbocycles. The van der Waals surface area contributed by atoms with Crippen LogP contribution >= 0.6 is 0 Å². The maximum atomic E-state index is 3.47. The topological polar surface area (TPSA) is 17.0 Å². The first-order chi connectivity index (χ1) is 7.79. The predicted octanol–water partition coefficient (Wildman–Crippen LogP) is 2.87. The third-order valence-electron chi connectivity index (χ3n) is 3.48. The molecule has 2 heterocycles. The van der Waals surface area contributed by atoms with E-state index >= 15 is 0 Å². The van der Waals surface area contributed by atoms with E-state index in [4.69, 9.17) is 0 Å². The van der Waals surface area contributed by atoms with Gasteiger partial charge in [-0.1, -0.05) is 18.2 Å². The fourth-order valence-electron chi connectivity index (χ4n) is 2.86. The van der Waals surface area contributed by atoms with Crippen LogP contribution in [0.1, 0.15) is 31.1 Å². The van der Waals surface area contributed by atoms with Crippen molar-refractivity contribution in [2.24, 2.45) is 0 Å². The van der Waals surface area contributed by atoms with Crippen LogP contribution in [-0.4, -0.2) is 11.1 Å². The molecule has 3 rings (SSSR count). The molecule has 0 saturated carbocycles. The maximum Gasteiger partial charge on any atom is 0.0488 e. The highest BCUT2D eigenvalue weighted by atomic mass is 15.0. The Morgan fingerprint density at radius 2 is 2.06 bits per heavy atom. The average molecular weight is 214 g/mol. The molecule has 1 aliphatic rings. The number of rotatable bonds is 1. The van der Waals surface area contributed by atoms with Crippen molar-refractivity contribution in [1.29, 1.82) is 0 Å². The Balaban J connectivity index is 2.37. The van der Waals surface area contributed by atoms with Crippen molar-refractivity contribution < 1.29 is 0 Å². The fourth-order valence-corrected chi connectivity index (χ4v) is 2.86.